The zero-order valence-corrected chi connectivity index (χ0v) is 18.3. The Morgan fingerprint density at radius 3 is 2.44 bits per heavy atom. The second-order valence-electron chi connectivity index (χ2n) is 7.55. The van der Waals surface area contributed by atoms with E-state index in [0.717, 1.165) is 16.5 Å². The molecule has 0 radical (unpaired) electrons. The lowest BCUT2D eigenvalue weighted by Gasteiger charge is -2.05. The molecule has 0 aliphatic heterocycles. The van der Waals surface area contributed by atoms with Gasteiger partial charge in [0.05, 0.1) is 12.7 Å². The minimum absolute atomic E-state index is 0.0678. The predicted molar refractivity (Wildman–Crippen MR) is 127 cm³/mol. The second kappa shape index (κ2) is 9.84. The summed E-state index contributed by atoms with van der Waals surface area (Å²) < 4.78 is 19.9. The van der Waals surface area contributed by atoms with Crippen LogP contribution in [-0.2, 0) is 16.1 Å². The Bertz CT molecular complexity index is 1430. The SMILES string of the molecule is COC(=O)c1ccc(NC(=O)/C(C#N)=C/c2cn(Cc3ccc(F)cc3)c3ccccc23)cc1. The molecule has 4 aromatic rings. The molecule has 0 saturated heterocycles. The maximum Gasteiger partial charge on any atom is 0.337 e. The molecular weight excluding hydrogens is 433 g/mol. The summed E-state index contributed by atoms with van der Waals surface area (Å²) in [5, 5.41) is 13.2. The molecule has 0 bridgehead atoms. The van der Waals surface area contributed by atoms with Gasteiger partial charge in [-0.15, -0.1) is 0 Å². The predicted octanol–water partition coefficient (Wildman–Crippen LogP) is 5.16. The number of fused-ring (bicyclic) bond motifs is 1. The van der Waals surface area contributed by atoms with Crippen molar-refractivity contribution in [2.75, 3.05) is 12.4 Å². The second-order valence-corrected chi connectivity index (χ2v) is 7.55. The van der Waals surface area contributed by atoms with E-state index >= 15 is 0 Å². The number of hydrogen-bond donors (Lipinski definition) is 1. The van der Waals surface area contributed by atoms with E-state index < -0.39 is 11.9 Å². The van der Waals surface area contributed by atoms with Crippen LogP contribution < -0.4 is 5.32 Å². The van der Waals surface area contributed by atoms with Crippen LogP contribution in [0.25, 0.3) is 17.0 Å². The summed E-state index contributed by atoms with van der Waals surface area (Å²) in [5.41, 5.74) is 3.29. The number of halogens is 1. The first-order chi connectivity index (χ1) is 16.5. The maximum atomic E-state index is 13.3. The van der Waals surface area contributed by atoms with Gasteiger partial charge >= 0.3 is 5.97 Å². The van der Waals surface area contributed by atoms with E-state index in [4.69, 9.17) is 0 Å². The molecule has 1 amide bonds. The van der Waals surface area contributed by atoms with Gasteiger partial charge in [-0.25, -0.2) is 9.18 Å². The van der Waals surface area contributed by atoms with Crippen LogP contribution in [0.1, 0.15) is 21.5 Å². The summed E-state index contributed by atoms with van der Waals surface area (Å²) in [5.74, 6) is -1.34. The quantitative estimate of drug-likeness (QED) is 0.248. The van der Waals surface area contributed by atoms with Gasteiger partial charge in [-0.05, 0) is 54.1 Å². The van der Waals surface area contributed by atoms with Crippen LogP contribution in [0, 0.1) is 17.1 Å². The molecule has 3 aromatic carbocycles. The summed E-state index contributed by atoms with van der Waals surface area (Å²) in [4.78, 5) is 24.3. The van der Waals surface area contributed by atoms with Gasteiger partial charge in [0, 0.05) is 34.9 Å². The van der Waals surface area contributed by atoms with Crippen LogP contribution in [0.4, 0.5) is 10.1 Å². The lowest BCUT2D eigenvalue weighted by Crippen LogP contribution is -2.13. The largest absolute Gasteiger partial charge is 0.465 e. The molecule has 168 valence electrons. The summed E-state index contributed by atoms with van der Waals surface area (Å²) in [6.07, 6.45) is 3.41. The number of ether oxygens (including phenoxy) is 1. The highest BCUT2D eigenvalue weighted by atomic mass is 19.1. The van der Waals surface area contributed by atoms with Crippen LogP contribution in [-0.4, -0.2) is 23.6 Å². The Labute approximate surface area is 195 Å². The van der Waals surface area contributed by atoms with E-state index in [1.165, 1.54) is 31.4 Å². The van der Waals surface area contributed by atoms with Crippen LogP contribution in [0.3, 0.4) is 0 Å². The van der Waals surface area contributed by atoms with E-state index in [-0.39, 0.29) is 11.4 Å². The first kappa shape index (κ1) is 22.5. The number of rotatable bonds is 6. The number of carbonyl (C=O) groups excluding carboxylic acids is 2. The lowest BCUT2D eigenvalue weighted by molar-refractivity contribution is -0.112. The third-order valence-electron chi connectivity index (χ3n) is 5.31. The summed E-state index contributed by atoms with van der Waals surface area (Å²) in [7, 11) is 1.29. The number of nitrogens with zero attached hydrogens (tertiary/aromatic N) is 2. The van der Waals surface area contributed by atoms with E-state index in [1.807, 2.05) is 41.1 Å². The molecule has 0 aliphatic carbocycles. The molecule has 4 rings (SSSR count). The summed E-state index contributed by atoms with van der Waals surface area (Å²) in [6.45, 7) is 0.509. The van der Waals surface area contributed by atoms with Gasteiger partial charge in [0.25, 0.3) is 5.91 Å². The molecule has 0 atom stereocenters. The molecular formula is C27H20FN3O3. The molecule has 0 saturated carbocycles. The Hall–Kier alpha value is -4.70. The van der Waals surface area contributed by atoms with Gasteiger partial charge in [0.1, 0.15) is 17.5 Å². The molecule has 1 N–H and O–H groups in total. The number of benzene rings is 3. The van der Waals surface area contributed by atoms with E-state index in [9.17, 15) is 19.2 Å². The molecule has 1 heterocycles. The van der Waals surface area contributed by atoms with Crippen molar-refractivity contribution in [3.63, 3.8) is 0 Å². The fourth-order valence-corrected chi connectivity index (χ4v) is 3.62. The van der Waals surface area contributed by atoms with E-state index in [2.05, 4.69) is 10.1 Å². The average molecular weight is 453 g/mol. The van der Waals surface area contributed by atoms with Crippen molar-refractivity contribution in [3.05, 3.63) is 107 Å². The number of aromatic nitrogens is 1. The number of hydrogen-bond acceptors (Lipinski definition) is 4. The number of para-hydroxylation sites is 1. The Kier molecular flexibility index (Phi) is 6.51. The van der Waals surface area contributed by atoms with Crippen molar-refractivity contribution in [1.29, 1.82) is 5.26 Å². The number of amides is 1. The van der Waals surface area contributed by atoms with Crippen molar-refractivity contribution in [3.8, 4) is 6.07 Å². The first-order valence-corrected chi connectivity index (χ1v) is 10.4. The smallest absolute Gasteiger partial charge is 0.337 e. The van der Waals surface area contributed by atoms with Crippen LogP contribution in [0.15, 0.2) is 84.6 Å². The molecule has 6 nitrogen and oxygen atoms in total. The van der Waals surface area contributed by atoms with Crippen LogP contribution in [0.2, 0.25) is 0 Å². The van der Waals surface area contributed by atoms with Gasteiger partial charge < -0.3 is 14.6 Å². The fourth-order valence-electron chi connectivity index (χ4n) is 3.62. The van der Waals surface area contributed by atoms with E-state index in [0.29, 0.717) is 23.4 Å². The molecule has 1 aromatic heterocycles. The fraction of sp³-hybridized carbons (Fsp3) is 0.0741. The Balaban J connectivity index is 1.61. The highest BCUT2D eigenvalue weighted by Crippen LogP contribution is 2.25. The molecule has 0 aliphatic rings. The summed E-state index contributed by atoms with van der Waals surface area (Å²) in [6, 6.07) is 22.1. The zero-order valence-electron chi connectivity index (χ0n) is 18.3. The number of carbonyl (C=O) groups is 2. The monoisotopic (exact) mass is 453 g/mol. The molecule has 0 fully saturated rings. The highest BCUT2D eigenvalue weighted by molar-refractivity contribution is 6.11. The molecule has 0 spiro atoms. The van der Waals surface area contributed by atoms with Crippen molar-refractivity contribution in [2.45, 2.75) is 6.54 Å². The van der Waals surface area contributed by atoms with Crippen molar-refractivity contribution in [2.24, 2.45) is 0 Å². The average Bonchev–Trinajstić information content (AvgIpc) is 3.20. The maximum absolute atomic E-state index is 13.3. The standard InChI is InChI=1S/C27H20FN3O3/c1-34-27(33)19-8-12-23(13-9-19)30-26(32)20(15-29)14-21-17-31(25-5-3-2-4-24(21)25)16-18-6-10-22(28)11-7-18/h2-14,17H,16H2,1H3,(H,30,32)/b20-14+. The summed E-state index contributed by atoms with van der Waals surface area (Å²) >= 11 is 0. The molecule has 7 heteroatoms. The van der Waals surface area contributed by atoms with Gasteiger partial charge in [0.15, 0.2) is 0 Å². The number of esters is 1. The highest BCUT2D eigenvalue weighted by Gasteiger charge is 2.14. The zero-order chi connectivity index (χ0) is 24.1. The van der Waals surface area contributed by atoms with Crippen LogP contribution in [0.5, 0.6) is 0 Å². The number of nitriles is 1. The van der Waals surface area contributed by atoms with Gasteiger partial charge in [-0.1, -0.05) is 30.3 Å². The number of methoxy groups -OCH3 is 1. The van der Waals surface area contributed by atoms with Gasteiger partial charge in [-0.3, -0.25) is 4.79 Å². The minimum atomic E-state index is -0.566. The third kappa shape index (κ3) is 4.87. The third-order valence-corrected chi connectivity index (χ3v) is 5.31. The normalized spacial score (nSPS) is 11.1. The van der Waals surface area contributed by atoms with E-state index in [1.54, 1.807) is 30.3 Å². The lowest BCUT2D eigenvalue weighted by atomic mass is 10.1. The van der Waals surface area contributed by atoms with Gasteiger partial charge in [0.2, 0.25) is 0 Å². The van der Waals surface area contributed by atoms with Crippen molar-refractivity contribution < 1.29 is 18.7 Å². The number of nitrogens with one attached hydrogen (secondary N) is 1. The van der Waals surface area contributed by atoms with Crippen molar-refractivity contribution in [1.82, 2.24) is 4.57 Å². The Morgan fingerprint density at radius 2 is 1.76 bits per heavy atom. The molecule has 34 heavy (non-hydrogen) atoms. The minimum Gasteiger partial charge on any atom is -0.465 e. The first-order valence-electron chi connectivity index (χ1n) is 10.4. The Morgan fingerprint density at radius 1 is 1.06 bits per heavy atom. The van der Waals surface area contributed by atoms with Crippen LogP contribution >= 0.6 is 0 Å². The molecule has 0 unspecified atom stereocenters. The topological polar surface area (TPSA) is 84.1 Å². The number of anilines is 1. The van der Waals surface area contributed by atoms with Crippen molar-refractivity contribution >= 4 is 34.5 Å². The van der Waals surface area contributed by atoms with Gasteiger partial charge in [-0.2, -0.15) is 5.26 Å².